The number of hydrogen-bond donors (Lipinski definition) is 1. The molecule has 0 spiro atoms. The van der Waals surface area contributed by atoms with Crippen LogP contribution >= 0.6 is 11.6 Å². The summed E-state index contributed by atoms with van der Waals surface area (Å²) in [5, 5.41) is 3.15. The van der Waals surface area contributed by atoms with Gasteiger partial charge in [0.15, 0.2) is 5.78 Å². The normalized spacial score (nSPS) is 10.4. The Kier molecular flexibility index (Phi) is 4.70. The Balaban J connectivity index is 2.86. The summed E-state index contributed by atoms with van der Waals surface area (Å²) >= 11 is 5.96. The van der Waals surface area contributed by atoms with Crippen LogP contribution in [-0.4, -0.2) is 11.7 Å². The van der Waals surface area contributed by atoms with Crippen molar-refractivity contribution in [3.63, 3.8) is 0 Å². The zero-order valence-electron chi connectivity index (χ0n) is 10.2. The van der Waals surface area contributed by atoms with Crippen molar-refractivity contribution >= 4 is 29.0 Å². The molecule has 4 heteroatoms. The zero-order chi connectivity index (χ0) is 13.0. The molecule has 1 aromatic rings. The monoisotopic (exact) mass is 253 g/mol. The van der Waals surface area contributed by atoms with Crippen LogP contribution in [0.25, 0.3) is 0 Å². The second kappa shape index (κ2) is 5.82. The third-order valence-corrected chi connectivity index (χ3v) is 2.57. The number of halogens is 1. The quantitative estimate of drug-likeness (QED) is 0.835. The fourth-order valence-electron chi connectivity index (χ4n) is 1.41. The summed E-state index contributed by atoms with van der Waals surface area (Å²) < 4.78 is 0. The Labute approximate surface area is 106 Å². The number of hydrogen-bond acceptors (Lipinski definition) is 2. The number of amides is 1. The predicted molar refractivity (Wildman–Crippen MR) is 69.5 cm³/mol. The highest BCUT2D eigenvalue weighted by Crippen LogP contribution is 2.23. The molecule has 1 N–H and O–H groups in total. The van der Waals surface area contributed by atoms with Crippen LogP contribution in [0, 0.1) is 5.92 Å². The molecule has 0 heterocycles. The summed E-state index contributed by atoms with van der Waals surface area (Å²) in [5.74, 6) is 0.133. The molecule has 0 aliphatic carbocycles. The third kappa shape index (κ3) is 4.19. The van der Waals surface area contributed by atoms with Gasteiger partial charge < -0.3 is 5.32 Å². The van der Waals surface area contributed by atoms with E-state index in [1.165, 1.54) is 6.92 Å². The van der Waals surface area contributed by atoms with E-state index in [-0.39, 0.29) is 17.6 Å². The van der Waals surface area contributed by atoms with Crippen molar-refractivity contribution < 1.29 is 9.59 Å². The van der Waals surface area contributed by atoms with Gasteiger partial charge in [-0.3, -0.25) is 9.59 Å². The molecule has 0 saturated heterocycles. The summed E-state index contributed by atoms with van der Waals surface area (Å²) in [5.41, 5.74) is 1.03. The molecular weight excluding hydrogens is 238 g/mol. The van der Waals surface area contributed by atoms with Crippen molar-refractivity contribution in [3.05, 3.63) is 28.8 Å². The maximum Gasteiger partial charge on any atom is 0.224 e. The Bertz CT molecular complexity index is 441. The van der Waals surface area contributed by atoms with E-state index in [9.17, 15) is 9.59 Å². The first-order chi connectivity index (χ1) is 7.90. The average molecular weight is 254 g/mol. The number of nitrogens with one attached hydrogen (secondary N) is 1. The van der Waals surface area contributed by atoms with E-state index in [1.807, 2.05) is 13.8 Å². The molecule has 0 radical (unpaired) electrons. The lowest BCUT2D eigenvalue weighted by Gasteiger charge is -2.09. The molecule has 0 saturated carbocycles. The summed E-state index contributed by atoms with van der Waals surface area (Å²) in [6, 6.07) is 4.86. The SMILES string of the molecule is CC(=O)c1ccc(Cl)c(NC(=O)CC(C)C)c1. The molecule has 1 rings (SSSR count). The van der Waals surface area contributed by atoms with Crippen LogP contribution in [-0.2, 0) is 4.79 Å². The third-order valence-electron chi connectivity index (χ3n) is 2.24. The van der Waals surface area contributed by atoms with Crippen LogP contribution in [0.3, 0.4) is 0 Å². The molecule has 17 heavy (non-hydrogen) atoms. The minimum atomic E-state index is -0.0948. The van der Waals surface area contributed by atoms with Crippen molar-refractivity contribution in [1.82, 2.24) is 0 Å². The van der Waals surface area contributed by atoms with Crippen LogP contribution in [0.4, 0.5) is 5.69 Å². The van der Waals surface area contributed by atoms with Crippen LogP contribution in [0.2, 0.25) is 5.02 Å². The molecule has 0 unspecified atom stereocenters. The van der Waals surface area contributed by atoms with Gasteiger partial charge in [-0.05, 0) is 31.0 Å². The van der Waals surface area contributed by atoms with Gasteiger partial charge in [-0.1, -0.05) is 25.4 Å². The molecule has 0 aromatic heterocycles. The maximum absolute atomic E-state index is 11.6. The largest absolute Gasteiger partial charge is 0.325 e. The van der Waals surface area contributed by atoms with Gasteiger partial charge in [-0.15, -0.1) is 0 Å². The first kappa shape index (κ1) is 13.7. The molecule has 3 nitrogen and oxygen atoms in total. The smallest absolute Gasteiger partial charge is 0.224 e. The topological polar surface area (TPSA) is 46.2 Å². The molecule has 1 amide bonds. The standard InChI is InChI=1S/C13H16ClNO2/c1-8(2)6-13(17)15-12-7-10(9(3)16)4-5-11(12)14/h4-5,7-8H,6H2,1-3H3,(H,15,17). The number of ketones is 1. The molecule has 92 valence electrons. The van der Waals surface area contributed by atoms with E-state index in [0.29, 0.717) is 22.7 Å². The Morgan fingerprint density at radius 3 is 2.53 bits per heavy atom. The number of anilines is 1. The lowest BCUT2D eigenvalue weighted by molar-refractivity contribution is -0.116. The zero-order valence-corrected chi connectivity index (χ0v) is 11.0. The van der Waals surface area contributed by atoms with Crippen molar-refractivity contribution in [2.45, 2.75) is 27.2 Å². The lowest BCUT2D eigenvalue weighted by Crippen LogP contribution is -2.14. The molecule has 1 aromatic carbocycles. The second-order valence-corrected chi connectivity index (χ2v) is 4.80. The molecule has 0 atom stereocenters. The Hall–Kier alpha value is -1.35. The van der Waals surface area contributed by atoms with E-state index in [2.05, 4.69) is 5.32 Å². The predicted octanol–water partition coefficient (Wildman–Crippen LogP) is 3.53. The van der Waals surface area contributed by atoms with E-state index in [4.69, 9.17) is 11.6 Å². The first-order valence-corrected chi connectivity index (χ1v) is 5.88. The highest BCUT2D eigenvalue weighted by molar-refractivity contribution is 6.33. The van der Waals surface area contributed by atoms with Crippen LogP contribution < -0.4 is 5.32 Å². The van der Waals surface area contributed by atoms with Crippen LogP contribution in [0.15, 0.2) is 18.2 Å². The Morgan fingerprint density at radius 1 is 1.35 bits per heavy atom. The molecule has 0 aliphatic rings. The highest BCUT2D eigenvalue weighted by Gasteiger charge is 2.09. The van der Waals surface area contributed by atoms with E-state index < -0.39 is 0 Å². The van der Waals surface area contributed by atoms with E-state index in [1.54, 1.807) is 18.2 Å². The second-order valence-electron chi connectivity index (χ2n) is 4.40. The summed E-state index contributed by atoms with van der Waals surface area (Å²) in [6.45, 7) is 5.41. The fourth-order valence-corrected chi connectivity index (χ4v) is 1.58. The van der Waals surface area contributed by atoms with Gasteiger partial charge in [-0.25, -0.2) is 0 Å². The summed E-state index contributed by atoms with van der Waals surface area (Å²) in [7, 11) is 0. The van der Waals surface area contributed by atoms with Gasteiger partial charge >= 0.3 is 0 Å². The number of rotatable bonds is 4. The van der Waals surface area contributed by atoms with Crippen molar-refractivity contribution in [1.29, 1.82) is 0 Å². The maximum atomic E-state index is 11.6. The number of benzene rings is 1. The van der Waals surface area contributed by atoms with Crippen molar-refractivity contribution in [2.24, 2.45) is 5.92 Å². The van der Waals surface area contributed by atoms with Gasteiger partial charge in [0.05, 0.1) is 10.7 Å². The molecule has 0 bridgehead atoms. The van der Waals surface area contributed by atoms with Gasteiger partial charge in [0.1, 0.15) is 0 Å². The molecular formula is C13H16ClNO2. The summed E-state index contributed by atoms with van der Waals surface area (Å²) in [4.78, 5) is 22.8. The summed E-state index contributed by atoms with van der Waals surface area (Å²) in [6.07, 6.45) is 0.431. The minimum absolute atomic E-state index is 0.0546. The Morgan fingerprint density at radius 2 is 2.00 bits per heavy atom. The van der Waals surface area contributed by atoms with Gasteiger partial charge in [0.2, 0.25) is 5.91 Å². The van der Waals surface area contributed by atoms with Gasteiger partial charge in [0.25, 0.3) is 0 Å². The van der Waals surface area contributed by atoms with Crippen molar-refractivity contribution in [2.75, 3.05) is 5.32 Å². The minimum Gasteiger partial charge on any atom is -0.325 e. The highest BCUT2D eigenvalue weighted by atomic mass is 35.5. The average Bonchev–Trinajstić information content (AvgIpc) is 2.19. The van der Waals surface area contributed by atoms with Gasteiger partial charge in [-0.2, -0.15) is 0 Å². The number of carbonyl (C=O) groups is 2. The van der Waals surface area contributed by atoms with Crippen LogP contribution in [0.1, 0.15) is 37.6 Å². The fraction of sp³-hybridized carbons (Fsp3) is 0.385. The van der Waals surface area contributed by atoms with E-state index in [0.717, 1.165) is 0 Å². The van der Waals surface area contributed by atoms with E-state index >= 15 is 0 Å². The van der Waals surface area contributed by atoms with Gasteiger partial charge in [0, 0.05) is 12.0 Å². The van der Waals surface area contributed by atoms with Crippen LogP contribution in [0.5, 0.6) is 0 Å². The first-order valence-electron chi connectivity index (χ1n) is 5.50. The number of Topliss-reactive ketones (excluding diaryl/α,β-unsaturated/α-hetero) is 1. The molecule has 0 fully saturated rings. The lowest BCUT2D eigenvalue weighted by atomic mass is 10.1. The number of carbonyl (C=O) groups excluding carboxylic acids is 2. The molecule has 0 aliphatic heterocycles. The van der Waals surface area contributed by atoms with Crippen molar-refractivity contribution in [3.8, 4) is 0 Å².